The first-order valence-electron chi connectivity index (χ1n) is 10.9. The highest BCUT2D eigenvalue weighted by molar-refractivity contribution is 5.93. The molecule has 0 saturated carbocycles. The molecule has 9 nitrogen and oxygen atoms in total. The number of rotatable bonds is 10. The fraction of sp³-hybridized carbons (Fsp3) is 0.375. The highest BCUT2D eigenvalue weighted by Crippen LogP contribution is 2.12. The van der Waals surface area contributed by atoms with Gasteiger partial charge in [-0.2, -0.15) is 0 Å². The number of aliphatic carboxylic acids is 1. The Morgan fingerprint density at radius 3 is 2.09 bits per heavy atom. The van der Waals surface area contributed by atoms with Crippen molar-refractivity contribution in [1.29, 1.82) is 0 Å². The first-order chi connectivity index (χ1) is 15.7. The van der Waals surface area contributed by atoms with Crippen LogP contribution in [0.5, 0.6) is 0 Å². The van der Waals surface area contributed by atoms with Crippen molar-refractivity contribution in [3.63, 3.8) is 0 Å². The Bertz CT molecular complexity index is 929. The van der Waals surface area contributed by atoms with E-state index in [1.807, 2.05) is 55.5 Å². The average Bonchev–Trinajstić information content (AvgIpc) is 2.77. The molecule has 0 unspecified atom stereocenters. The van der Waals surface area contributed by atoms with Gasteiger partial charge in [-0.3, -0.25) is 10.2 Å². The molecule has 0 spiro atoms. The number of carbonyl (C=O) groups is 3. The van der Waals surface area contributed by atoms with Crippen LogP contribution in [0.4, 0.5) is 15.3 Å². The van der Waals surface area contributed by atoms with Crippen molar-refractivity contribution in [2.75, 3.05) is 12.0 Å². The van der Waals surface area contributed by atoms with Crippen LogP contribution in [-0.4, -0.2) is 34.6 Å². The van der Waals surface area contributed by atoms with Gasteiger partial charge in [-0.05, 0) is 42.5 Å². The van der Waals surface area contributed by atoms with Gasteiger partial charge in [-0.1, -0.05) is 62.7 Å². The SMILES string of the molecule is Cc1ccc(CNC(=O)N(C[C@H](C)C(=O)O)C(=O)NNNc2ccc(CC(C)C)cc2)cc1. The zero-order chi connectivity index (χ0) is 24.4. The highest BCUT2D eigenvalue weighted by atomic mass is 16.4. The molecule has 1 atom stereocenters. The molecule has 0 aliphatic rings. The lowest BCUT2D eigenvalue weighted by molar-refractivity contribution is -0.141. The van der Waals surface area contributed by atoms with Crippen LogP contribution in [0, 0.1) is 18.8 Å². The first kappa shape index (κ1) is 25.7. The van der Waals surface area contributed by atoms with Crippen molar-refractivity contribution < 1.29 is 19.5 Å². The van der Waals surface area contributed by atoms with Gasteiger partial charge >= 0.3 is 18.0 Å². The van der Waals surface area contributed by atoms with Gasteiger partial charge in [0.2, 0.25) is 0 Å². The Hall–Kier alpha value is -3.59. The summed E-state index contributed by atoms with van der Waals surface area (Å²) in [4.78, 5) is 37.4. The van der Waals surface area contributed by atoms with E-state index >= 15 is 0 Å². The van der Waals surface area contributed by atoms with Gasteiger partial charge in [0.05, 0.1) is 11.6 Å². The number of hydrazine groups is 2. The van der Waals surface area contributed by atoms with Crippen LogP contribution in [0.25, 0.3) is 0 Å². The Morgan fingerprint density at radius 2 is 1.52 bits per heavy atom. The molecule has 0 heterocycles. The second-order valence-electron chi connectivity index (χ2n) is 8.47. The maximum absolute atomic E-state index is 12.7. The number of benzene rings is 2. The monoisotopic (exact) mass is 455 g/mol. The van der Waals surface area contributed by atoms with Gasteiger partial charge in [0, 0.05) is 13.1 Å². The van der Waals surface area contributed by atoms with Gasteiger partial charge in [0.1, 0.15) is 0 Å². The lowest BCUT2D eigenvalue weighted by Crippen LogP contribution is -2.54. The van der Waals surface area contributed by atoms with Gasteiger partial charge in [0.25, 0.3) is 0 Å². The molecule has 0 fully saturated rings. The Kier molecular flexibility index (Phi) is 9.68. The number of nitrogens with zero attached hydrogens (tertiary/aromatic N) is 1. The number of aryl methyl sites for hydroxylation is 1. The summed E-state index contributed by atoms with van der Waals surface area (Å²) in [7, 11) is 0. The van der Waals surface area contributed by atoms with Gasteiger partial charge in [0.15, 0.2) is 0 Å². The van der Waals surface area contributed by atoms with E-state index in [1.165, 1.54) is 12.5 Å². The van der Waals surface area contributed by atoms with E-state index in [0.29, 0.717) is 5.92 Å². The predicted octanol–water partition coefficient (Wildman–Crippen LogP) is 3.67. The minimum Gasteiger partial charge on any atom is -0.481 e. The minimum absolute atomic E-state index is 0.207. The van der Waals surface area contributed by atoms with Crippen LogP contribution < -0.4 is 21.7 Å². The summed E-state index contributed by atoms with van der Waals surface area (Å²) in [5.41, 5.74) is 11.7. The molecule has 0 radical (unpaired) electrons. The highest BCUT2D eigenvalue weighted by Gasteiger charge is 2.26. The molecule has 0 aromatic heterocycles. The third-order valence-corrected chi connectivity index (χ3v) is 4.91. The number of imide groups is 1. The summed E-state index contributed by atoms with van der Waals surface area (Å²) in [6.45, 7) is 7.61. The van der Waals surface area contributed by atoms with Gasteiger partial charge in [-0.25, -0.2) is 14.5 Å². The number of hydrogen-bond acceptors (Lipinski definition) is 5. The smallest absolute Gasteiger partial charge is 0.341 e. The van der Waals surface area contributed by atoms with Crippen molar-refractivity contribution in [2.45, 2.75) is 40.7 Å². The average molecular weight is 456 g/mol. The normalized spacial score (nSPS) is 11.5. The largest absolute Gasteiger partial charge is 0.481 e. The maximum Gasteiger partial charge on any atom is 0.341 e. The number of nitrogens with one attached hydrogen (secondary N) is 4. The molecule has 2 rings (SSSR count). The van der Waals surface area contributed by atoms with Crippen molar-refractivity contribution in [3.05, 3.63) is 65.2 Å². The number of amides is 4. The summed E-state index contributed by atoms with van der Waals surface area (Å²) >= 11 is 0. The molecule has 0 saturated heterocycles. The van der Waals surface area contributed by atoms with Crippen LogP contribution in [0.15, 0.2) is 48.5 Å². The van der Waals surface area contributed by atoms with E-state index < -0.39 is 23.9 Å². The van der Waals surface area contributed by atoms with Gasteiger partial charge < -0.3 is 15.8 Å². The summed E-state index contributed by atoms with van der Waals surface area (Å²) in [6.07, 6.45) is 0.971. The molecular weight excluding hydrogens is 422 g/mol. The van der Waals surface area contributed by atoms with Gasteiger partial charge in [-0.15, -0.1) is 5.53 Å². The maximum atomic E-state index is 12.7. The lowest BCUT2D eigenvalue weighted by atomic mass is 10.0. The van der Waals surface area contributed by atoms with E-state index in [2.05, 4.69) is 35.6 Å². The molecule has 33 heavy (non-hydrogen) atoms. The molecule has 178 valence electrons. The summed E-state index contributed by atoms with van der Waals surface area (Å²) in [6, 6.07) is 13.8. The molecule has 0 aliphatic carbocycles. The van der Waals surface area contributed by atoms with E-state index in [-0.39, 0.29) is 13.1 Å². The Balaban J connectivity index is 1.94. The second kappa shape index (κ2) is 12.4. The van der Waals surface area contributed by atoms with Crippen LogP contribution in [0.2, 0.25) is 0 Å². The van der Waals surface area contributed by atoms with E-state index in [1.54, 1.807) is 0 Å². The lowest BCUT2D eigenvalue weighted by Gasteiger charge is -2.24. The minimum atomic E-state index is -1.10. The van der Waals surface area contributed by atoms with Crippen LogP contribution in [0.1, 0.15) is 37.5 Å². The number of anilines is 1. The van der Waals surface area contributed by atoms with Crippen molar-refractivity contribution in [3.8, 4) is 0 Å². The summed E-state index contributed by atoms with van der Waals surface area (Å²) in [5, 5.41) is 11.9. The quantitative estimate of drug-likeness (QED) is 0.349. The summed E-state index contributed by atoms with van der Waals surface area (Å²) < 4.78 is 0. The van der Waals surface area contributed by atoms with E-state index in [0.717, 1.165) is 28.1 Å². The fourth-order valence-corrected chi connectivity index (χ4v) is 3.01. The molecule has 2 aromatic carbocycles. The molecule has 9 heteroatoms. The van der Waals surface area contributed by atoms with Crippen LogP contribution in [0.3, 0.4) is 0 Å². The number of hydrogen-bond donors (Lipinski definition) is 5. The van der Waals surface area contributed by atoms with Crippen LogP contribution in [-0.2, 0) is 17.8 Å². The third kappa shape index (κ3) is 8.82. The Labute approximate surface area is 194 Å². The molecule has 2 aromatic rings. The number of carboxylic acids is 1. The zero-order valence-corrected chi connectivity index (χ0v) is 19.5. The predicted molar refractivity (Wildman–Crippen MR) is 127 cm³/mol. The molecule has 0 bridgehead atoms. The molecule has 5 N–H and O–H groups in total. The summed E-state index contributed by atoms with van der Waals surface area (Å²) in [5.74, 6) is -1.48. The topological polar surface area (TPSA) is 123 Å². The van der Waals surface area contributed by atoms with Crippen molar-refractivity contribution in [2.24, 2.45) is 11.8 Å². The van der Waals surface area contributed by atoms with E-state index in [9.17, 15) is 19.5 Å². The molecular formula is C24H33N5O4. The molecule has 0 aliphatic heterocycles. The molecule has 4 amide bonds. The van der Waals surface area contributed by atoms with E-state index in [4.69, 9.17) is 0 Å². The van der Waals surface area contributed by atoms with Crippen molar-refractivity contribution >= 4 is 23.7 Å². The Morgan fingerprint density at radius 1 is 0.909 bits per heavy atom. The number of urea groups is 2. The van der Waals surface area contributed by atoms with Crippen molar-refractivity contribution in [1.82, 2.24) is 21.2 Å². The number of carbonyl (C=O) groups excluding carboxylic acids is 2. The zero-order valence-electron chi connectivity index (χ0n) is 19.5. The second-order valence-corrected chi connectivity index (χ2v) is 8.47. The third-order valence-electron chi connectivity index (χ3n) is 4.91. The standard InChI is InChI=1S/C24H33N5O4/c1-16(2)13-19-9-11-21(12-10-19)26-28-27-24(33)29(15-18(4)22(30)31)23(32)25-14-20-7-5-17(3)6-8-20/h5-12,16,18,26,28H,13-15H2,1-4H3,(H,25,32)(H,27,33)(H,30,31)/t18-/m0/s1. The number of carboxylic acid groups (broad SMARTS) is 1. The first-order valence-corrected chi connectivity index (χ1v) is 10.9. The van der Waals surface area contributed by atoms with Crippen LogP contribution >= 0.6 is 0 Å². The fourth-order valence-electron chi connectivity index (χ4n) is 3.01.